The third kappa shape index (κ3) is 4.25. The molecule has 3 nitrogen and oxygen atoms in total. The number of rotatable bonds is 5. The van der Waals surface area contributed by atoms with Crippen molar-refractivity contribution in [2.24, 2.45) is 0 Å². The van der Waals surface area contributed by atoms with Crippen LogP contribution >= 0.6 is 33.2 Å². The largest absolute Gasteiger partial charge is 0.514 e. The van der Waals surface area contributed by atoms with Gasteiger partial charge in [0, 0.05) is 15.9 Å². The molecule has 0 saturated heterocycles. The van der Waals surface area contributed by atoms with Gasteiger partial charge in [-0.1, -0.05) is 60.7 Å². The van der Waals surface area contributed by atoms with Gasteiger partial charge >= 0.3 is 14.6 Å². The van der Waals surface area contributed by atoms with E-state index >= 15 is 0 Å². The van der Waals surface area contributed by atoms with E-state index in [1.54, 1.807) is 0 Å². The lowest BCUT2D eigenvalue weighted by molar-refractivity contribution is 0.222. The summed E-state index contributed by atoms with van der Waals surface area (Å²) in [6, 6.07) is 23.0. The van der Waals surface area contributed by atoms with Crippen molar-refractivity contribution in [2.75, 3.05) is 6.23 Å². The molecule has 3 aromatic rings. The predicted octanol–water partition coefficient (Wildman–Crippen LogP) is 4.43. The highest BCUT2D eigenvalue weighted by molar-refractivity contribution is 7.64. The van der Waals surface area contributed by atoms with Crippen molar-refractivity contribution >= 4 is 58.2 Å². The van der Waals surface area contributed by atoms with Crippen molar-refractivity contribution in [2.45, 2.75) is 6.61 Å². The Balaban J connectivity index is 1.68. The molecule has 1 aliphatic rings. The van der Waals surface area contributed by atoms with Gasteiger partial charge in [0.1, 0.15) is 17.7 Å². The summed E-state index contributed by atoms with van der Waals surface area (Å²) in [4.78, 5) is 0. The third-order valence-corrected chi connectivity index (χ3v) is 9.13. The zero-order valence-electron chi connectivity index (χ0n) is 14.8. The van der Waals surface area contributed by atoms with Crippen molar-refractivity contribution in [1.29, 1.82) is 0 Å². The minimum absolute atomic E-state index is 0.102. The van der Waals surface area contributed by atoms with Crippen LogP contribution in [-0.2, 0) is 11.0 Å². The normalized spacial score (nSPS) is 15.4. The van der Waals surface area contributed by atoms with Crippen molar-refractivity contribution < 1.29 is 13.6 Å². The molecule has 1 heterocycles. The van der Waals surface area contributed by atoms with Gasteiger partial charge in [-0.25, -0.2) is 0 Å². The number of fused-ring (bicyclic) bond motifs is 1. The molecule has 0 spiro atoms. The zero-order valence-corrected chi connectivity index (χ0v) is 19.0. The second-order valence-electron chi connectivity index (χ2n) is 6.41. The van der Waals surface area contributed by atoms with Crippen LogP contribution in [0.1, 0.15) is 5.56 Å². The molecule has 8 heteroatoms. The van der Waals surface area contributed by atoms with Gasteiger partial charge in [-0.15, -0.1) is 33.2 Å². The van der Waals surface area contributed by atoms with E-state index in [0.29, 0.717) is 12.4 Å². The maximum absolute atomic E-state index is 6.58. The number of hydrogen-bond donors (Lipinski definition) is 0. The number of hydrogen-bond acceptors (Lipinski definition) is 3. The summed E-state index contributed by atoms with van der Waals surface area (Å²) in [5, 5.41) is 2.13. The second kappa shape index (κ2) is 8.10. The minimum Gasteiger partial charge on any atom is -0.514 e. The lowest BCUT2D eigenvalue weighted by atomic mass is 10.2. The van der Waals surface area contributed by atoms with Crippen LogP contribution in [0.15, 0.2) is 78.9 Å². The average Bonchev–Trinajstić information content (AvgIpc) is 2.72. The van der Waals surface area contributed by atoms with Gasteiger partial charge in [-0.05, 0) is 18.2 Å². The Morgan fingerprint density at radius 1 is 0.857 bits per heavy atom. The standard InChI is InChI=1S/C20H17Cl3O3Si2/c21-27(22,23)15-24-17-11-12-20-16(13-17)14-25-28(26-20,18-7-3-1-4-8-18)19-9-5-2-6-10-19/h1-13H,14-15H2. The van der Waals surface area contributed by atoms with Crippen molar-refractivity contribution in [3.05, 3.63) is 84.4 Å². The quantitative estimate of drug-likeness (QED) is 0.410. The molecule has 28 heavy (non-hydrogen) atoms. The fourth-order valence-corrected chi connectivity index (χ4v) is 7.07. The molecule has 0 unspecified atom stereocenters. The first kappa shape index (κ1) is 19.8. The molecule has 0 atom stereocenters. The van der Waals surface area contributed by atoms with Gasteiger partial charge < -0.3 is 13.6 Å². The topological polar surface area (TPSA) is 27.7 Å². The van der Waals surface area contributed by atoms with E-state index < -0.39 is 14.6 Å². The van der Waals surface area contributed by atoms with Crippen LogP contribution < -0.4 is 19.5 Å². The smallest absolute Gasteiger partial charge is 0.469 e. The summed E-state index contributed by atoms with van der Waals surface area (Å²) < 4.78 is 18.7. The van der Waals surface area contributed by atoms with E-state index in [4.69, 9.17) is 46.8 Å². The van der Waals surface area contributed by atoms with Crippen LogP contribution in [-0.4, -0.2) is 20.8 Å². The SMILES string of the molecule is Cl[Si](Cl)(Cl)COc1ccc2c(c1)CO[Si](c1ccccc1)(c1ccccc1)O2. The van der Waals surface area contributed by atoms with E-state index in [2.05, 4.69) is 24.3 Å². The minimum atomic E-state index is -2.85. The summed E-state index contributed by atoms with van der Waals surface area (Å²) in [6.45, 7) is 0.424. The molecule has 144 valence electrons. The monoisotopic (exact) mass is 466 g/mol. The highest BCUT2D eigenvalue weighted by atomic mass is 35.8. The van der Waals surface area contributed by atoms with Crippen molar-refractivity contribution in [3.8, 4) is 11.5 Å². The summed E-state index contributed by atoms with van der Waals surface area (Å²) in [5.41, 5.74) is 0.915. The number of halogens is 3. The van der Waals surface area contributed by atoms with Gasteiger partial charge in [-0.3, -0.25) is 0 Å². The Hall–Kier alpha value is -1.48. The lowest BCUT2D eigenvalue weighted by Gasteiger charge is -2.36. The fraction of sp³-hybridized carbons (Fsp3) is 0.100. The Kier molecular flexibility index (Phi) is 5.74. The molecule has 0 fully saturated rings. The van der Waals surface area contributed by atoms with Gasteiger partial charge in [0.15, 0.2) is 0 Å². The molecule has 1 aliphatic heterocycles. The molecule has 0 amide bonds. The molecule has 0 bridgehead atoms. The highest BCUT2D eigenvalue weighted by Gasteiger charge is 2.47. The number of benzene rings is 3. The zero-order chi connectivity index (χ0) is 19.6. The molecule has 3 aromatic carbocycles. The van der Waals surface area contributed by atoms with Gasteiger partial charge in [-0.2, -0.15) is 0 Å². The summed E-state index contributed by atoms with van der Waals surface area (Å²) in [5.74, 6) is 1.43. The lowest BCUT2D eigenvalue weighted by Crippen LogP contribution is -2.66. The Morgan fingerprint density at radius 3 is 2.04 bits per heavy atom. The first-order chi connectivity index (χ1) is 13.5. The molecule has 0 saturated carbocycles. The molecule has 0 radical (unpaired) electrons. The Bertz CT molecular complexity index is 910. The Labute approximate surface area is 180 Å². The summed E-state index contributed by atoms with van der Waals surface area (Å²) in [6.07, 6.45) is 0.102. The summed E-state index contributed by atoms with van der Waals surface area (Å²) >= 11 is 17.7. The Morgan fingerprint density at radius 2 is 1.46 bits per heavy atom. The molecular weight excluding hydrogens is 451 g/mol. The third-order valence-electron chi connectivity index (χ3n) is 4.43. The van der Waals surface area contributed by atoms with Crippen LogP contribution in [0.4, 0.5) is 0 Å². The van der Waals surface area contributed by atoms with Crippen LogP contribution in [0.3, 0.4) is 0 Å². The van der Waals surface area contributed by atoms with Gasteiger partial charge in [0.25, 0.3) is 0 Å². The van der Waals surface area contributed by atoms with Crippen molar-refractivity contribution in [1.82, 2.24) is 0 Å². The summed E-state index contributed by atoms with van der Waals surface area (Å²) in [7, 11) is -2.85. The fourth-order valence-electron chi connectivity index (χ4n) is 3.15. The number of ether oxygens (including phenoxy) is 1. The average molecular weight is 468 g/mol. The van der Waals surface area contributed by atoms with Gasteiger partial charge in [0.05, 0.1) is 6.61 Å². The molecule has 4 rings (SSSR count). The first-order valence-electron chi connectivity index (χ1n) is 8.73. The van der Waals surface area contributed by atoms with Gasteiger partial charge in [0.2, 0.25) is 0 Å². The highest BCUT2D eigenvalue weighted by Crippen LogP contribution is 2.33. The van der Waals surface area contributed by atoms with Crippen LogP contribution in [0.2, 0.25) is 0 Å². The van der Waals surface area contributed by atoms with E-state index in [1.807, 2.05) is 54.6 Å². The van der Waals surface area contributed by atoms with E-state index in [0.717, 1.165) is 21.7 Å². The molecular formula is C20H17Cl3O3Si2. The van der Waals surface area contributed by atoms with Crippen LogP contribution in [0.25, 0.3) is 0 Å². The maximum Gasteiger partial charge on any atom is 0.469 e. The van der Waals surface area contributed by atoms with E-state index in [-0.39, 0.29) is 6.23 Å². The molecule has 0 aliphatic carbocycles. The molecule has 0 aromatic heterocycles. The van der Waals surface area contributed by atoms with Crippen LogP contribution in [0, 0.1) is 0 Å². The first-order valence-corrected chi connectivity index (χ1v) is 15.8. The van der Waals surface area contributed by atoms with E-state index in [1.165, 1.54) is 0 Å². The second-order valence-corrected chi connectivity index (χ2v) is 18.4. The molecule has 0 N–H and O–H groups in total. The van der Waals surface area contributed by atoms with Crippen LogP contribution in [0.5, 0.6) is 11.5 Å². The van der Waals surface area contributed by atoms with E-state index in [9.17, 15) is 0 Å². The maximum atomic E-state index is 6.58. The van der Waals surface area contributed by atoms with Crippen molar-refractivity contribution in [3.63, 3.8) is 0 Å². The predicted molar refractivity (Wildman–Crippen MR) is 119 cm³/mol.